The first kappa shape index (κ1) is 44.5. The van der Waals surface area contributed by atoms with Crippen molar-refractivity contribution in [2.24, 2.45) is 0 Å². The lowest BCUT2D eigenvalue weighted by molar-refractivity contribution is 0.590. The zero-order chi connectivity index (χ0) is 48.9. The van der Waals surface area contributed by atoms with Crippen LogP contribution in [0, 0.1) is 0 Å². The topological polar surface area (TPSA) is 19.6 Å². The second kappa shape index (κ2) is 18.3. The van der Waals surface area contributed by atoms with Crippen molar-refractivity contribution in [2.45, 2.75) is 46.0 Å². The molecular weight excluding hydrogens is 873 g/mol. The van der Waals surface area contributed by atoms with Gasteiger partial charge in [0.1, 0.15) is 11.2 Å². The Bertz CT molecular complexity index is 3900. The van der Waals surface area contributed by atoms with E-state index in [2.05, 4.69) is 287 Å². The van der Waals surface area contributed by atoms with Gasteiger partial charge in [0.05, 0.1) is 11.4 Å². The van der Waals surface area contributed by atoms with Gasteiger partial charge in [-0.15, -0.1) is 0 Å². The summed E-state index contributed by atoms with van der Waals surface area (Å²) in [7, 11) is 0. The molecule has 0 saturated heterocycles. The Morgan fingerprint density at radius 1 is 0.347 bits per heavy atom. The fourth-order valence-corrected chi connectivity index (χ4v) is 10.4. The van der Waals surface area contributed by atoms with E-state index in [-0.39, 0.29) is 5.41 Å². The zero-order valence-corrected chi connectivity index (χ0v) is 41.5. The maximum absolute atomic E-state index is 6.86. The Balaban J connectivity index is 0.960. The van der Waals surface area contributed by atoms with E-state index in [1.807, 2.05) is 0 Å². The van der Waals surface area contributed by atoms with Crippen molar-refractivity contribution in [3.05, 3.63) is 254 Å². The molecule has 0 unspecified atom stereocenters. The van der Waals surface area contributed by atoms with Crippen LogP contribution in [-0.4, -0.2) is 0 Å². The summed E-state index contributed by atoms with van der Waals surface area (Å²) in [6.45, 7) is 11.3. The average molecular weight is 929 g/mol. The van der Waals surface area contributed by atoms with Crippen LogP contribution in [0.3, 0.4) is 0 Å². The lowest BCUT2D eigenvalue weighted by atomic mass is 9.87. The standard InChI is InChI=1S/C69H56N2O/c1-46(2)47-24-26-51(27-25-47)62-21-13-15-23-66(62)71(58-38-32-56(33-39-58)69(3,4)5)60-37-31-53-43-64-63-42-52-30-36-59(40-54(52)44-67(63)72-68(64)45-55(53)41-60)70(57-34-28-49(29-35-57)48-16-8-6-9-17-48)65-22-14-12-20-61(65)50-18-10-7-11-19-50/h6-46H,1-5H3. The monoisotopic (exact) mass is 928 g/mol. The van der Waals surface area contributed by atoms with Crippen molar-refractivity contribution < 1.29 is 4.42 Å². The summed E-state index contributed by atoms with van der Waals surface area (Å²) < 4.78 is 6.86. The van der Waals surface area contributed by atoms with E-state index in [1.165, 1.54) is 38.9 Å². The highest BCUT2D eigenvalue weighted by Crippen LogP contribution is 2.46. The number of rotatable bonds is 10. The van der Waals surface area contributed by atoms with Crippen LogP contribution < -0.4 is 9.80 Å². The molecule has 0 bridgehead atoms. The lowest BCUT2D eigenvalue weighted by Gasteiger charge is -2.29. The van der Waals surface area contributed by atoms with Crippen molar-refractivity contribution >= 4 is 77.6 Å². The number of anilines is 6. The van der Waals surface area contributed by atoms with Gasteiger partial charge >= 0.3 is 0 Å². The number of nitrogens with zero attached hydrogens (tertiary/aromatic N) is 2. The molecule has 0 saturated carbocycles. The molecule has 3 heteroatoms. The molecule has 0 spiro atoms. The minimum atomic E-state index is 0.0411. The predicted octanol–water partition coefficient (Wildman–Crippen LogP) is 20.3. The minimum absolute atomic E-state index is 0.0411. The van der Waals surface area contributed by atoms with Gasteiger partial charge < -0.3 is 14.2 Å². The van der Waals surface area contributed by atoms with E-state index in [4.69, 9.17) is 4.42 Å². The van der Waals surface area contributed by atoms with Gasteiger partial charge in [0.2, 0.25) is 0 Å². The van der Waals surface area contributed by atoms with Gasteiger partial charge in [-0.1, -0.05) is 192 Å². The lowest BCUT2D eigenvalue weighted by Crippen LogP contribution is -2.13. The van der Waals surface area contributed by atoms with Crippen molar-refractivity contribution in [1.82, 2.24) is 0 Å². The molecule has 0 N–H and O–H groups in total. The maximum Gasteiger partial charge on any atom is 0.136 e. The summed E-state index contributed by atoms with van der Waals surface area (Å²) in [5.41, 5.74) is 18.1. The Kier molecular flexibility index (Phi) is 11.3. The first-order chi connectivity index (χ1) is 35.1. The van der Waals surface area contributed by atoms with Crippen LogP contribution in [0.1, 0.15) is 51.7 Å². The second-order valence-corrected chi connectivity index (χ2v) is 20.4. The summed E-state index contributed by atoms with van der Waals surface area (Å²) in [6.07, 6.45) is 0. The molecule has 0 atom stereocenters. The molecule has 0 aliphatic carbocycles. The van der Waals surface area contributed by atoms with Crippen LogP contribution in [0.25, 0.3) is 76.9 Å². The Labute approximate surface area is 422 Å². The third-order valence-corrected chi connectivity index (χ3v) is 14.4. The van der Waals surface area contributed by atoms with Crippen LogP contribution in [0.4, 0.5) is 34.1 Å². The molecule has 0 aliphatic heterocycles. The van der Waals surface area contributed by atoms with Crippen LogP contribution in [0.15, 0.2) is 247 Å². The maximum atomic E-state index is 6.86. The number of fused-ring (bicyclic) bond motifs is 5. The predicted molar refractivity (Wildman–Crippen MR) is 307 cm³/mol. The highest BCUT2D eigenvalue weighted by atomic mass is 16.3. The third kappa shape index (κ3) is 8.37. The molecule has 12 rings (SSSR count). The SMILES string of the molecule is CC(C)c1ccc(-c2ccccc2N(c2ccc(C(C)(C)C)cc2)c2ccc3cc4c(cc3c2)oc2cc3cc(N(c5ccc(-c6ccccc6)cc5)c5ccccc5-c5ccccc5)ccc3cc24)cc1. The minimum Gasteiger partial charge on any atom is -0.456 e. The summed E-state index contributed by atoms with van der Waals surface area (Å²) in [5.74, 6) is 0.467. The Morgan fingerprint density at radius 3 is 1.24 bits per heavy atom. The van der Waals surface area contributed by atoms with Gasteiger partial charge in [0.15, 0.2) is 0 Å². The number of furan rings is 1. The van der Waals surface area contributed by atoms with Gasteiger partial charge in [0.25, 0.3) is 0 Å². The van der Waals surface area contributed by atoms with E-state index in [9.17, 15) is 0 Å². The molecule has 72 heavy (non-hydrogen) atoms. The van der Waals surface area contributed by atoms with E-state index < -0.39 is 0 Å². The van der Waals surface area contributed by atoms with Crippen molar-refractivity contribution in [3.63, 3.8) is 0 Å². The number of para-hydroxylation sites is 2. The van der Waals surface area contributed by atoms with E-state index >= 15 is 0 Å². The van der Waals surface area contributed by atoms with Crippen molar-refractivity contribution in [1.29, 1.82) is 0 Å². The van der Waals surface area contributed by atoms with Gasteiger partial charge in [-0.05, 0) is 151 Å². The molecular formula is C69H56N2O. The smallest absolute Gasteiger partial charge is 0.136 e. The quantitative estimate of drug-likeness (QED) is 0.136. The largest absolute Gasteiger partial charge is 0.456 e. The van der Waals surface area contributed by atoms with E-state index in [0.717, 1.165) is 83.2 Å². The zero-order valence-electron chi connectivity index (χ0n) is 41.5. The normalized spacial score (nSPS) is 11.8. The Morgan fingerprint density at radius 2 is 0.750 bits per heavy atom. The van der Waals surface area contributed by atoms with Crippen LogP contribution >= 0.6 is 0 Å². The molecule has 0 amide bonds. The summed E-state index contributed by atoms with van der Waals surface area (Å²) in [4.78, 5) is 4.79. The first-order valence-corrected chi connectivity index (χ1v) is 25.2. The van der Waals surface area contributed by atoms with E-state index in [1.54, 1.807) is 0 Å². The van der Waals surface area contributed by atoms with Gasteiger partial charge in [-0.25, -0.2) is 0 Å². The van der Waals surface area contributed by atoms with Gasteiger partial charge in [-0.3, -0.25) is 0 Å². The third-order valence-electron chi connectivity index (χ3n) is 14.4. The number of hydrogen-bond donors (Lipinski definition) is 0. The van der Waals surface area contributed by atoms with Crippen LogP contribution in [-0.2, 0) is 5.41 Å². The number of hydrogen-bond acceptors (Lipinski definition) is 3. The molecule has 0 aliphatic rings. The Hall–Kier alpha value is -8.66. The van der Waals surface area contributed by atoms with Crippen molar-refractivity contribution in [3.8, 4) is 33.4 Å². The molecule has 11 aromatic carbocycles. The van der Waals surface area contributed by atoms with Crippen molar-refractivity contribution in [2.75, 3.05) is 9.80 Å². The average Bonchev–Trinajstić information content (AvgIpc) is 3.76. The number of benzene rings is 11. The molecule has 348 valence electrons. The highest BCUT2D eigenvalue weighted by molar-refractivity contribution is 6.14. The molecule has 1 aromatic heterocycles. The van der Waals surface area contributed by atoms with E-state index in [0.29, 0.717) is 5.92 Å². The van der Waals surface area contributed by atoms with Crippen LogP contribution in [0.2, 0.25) is 0 Å². The summed E-state index contributed by atoms with van der Waals surface area (Å²) >= 11 is 0. The molecule has 12 aromatic rings. The van der Waals surface area contributed by atoms with Gasteiger partial charge in [-0.2, -0.15) is 0 Å². The molecule has 0 fully saturated rings. The highest BCUT2D eigenvalue weighted by Gasteiger charge is 2.22. The molecule has 3 nitrogen and oxygen atoms in total. The van der Waals surface area contributed by atoms with Gasteiger partial charge in [0, 0.05) is 44.6 Å². The van der Waals surface area contributed by atoms with Crippen LogP contribution in [0.5, 0.6) is 0 Å². The summed E-state index contributed by atoms with van der Waals surface area (Å²) in [5, 5.41) is 6.77. The fraction of sp³-hybridized carbons (Fsp3) is 0.101. The molecule has 1 heterocycles. The first-order valence-electron chi connectivity index (χ1n) is 25.2. The molecule has 0 radical (unpaired) electrons. The fourth-order valence-electron chi connectivity index (χ4n) is 10.4. The second-order valence-electron chi connectivity index (χ2n) is 20.4. The summed E-state index contributed by atoms with van der Waals surface area (Å²) in [6, 6.07) is 88.5.